The first-order valence-electron chi connectivity index (χ1n) is 13.0. The summed E-state index contributed by atoms with van der Waals surface area (Å²) in [6.07, 6.45) is 6.45. The summed E-state index contributed by atoms with van der Waals surface area (Å²) in [5, 5.41) is 12.5. The van der Waals surface area contributed by atoms with E-state index < -0.39 is 11.6 Å². The third-order valence-corrected chi connectivity index (χ3v) is 6.46. The molecule has 0 aromatic heterocycles. The van der Waals surface area contributed by atoms with Gasteiger partial charge in [-0.3, -0.25) is 0 Å². The molecule has 1 atom stereocenters. The number of aliphatic carboxylic acids is 1. The van der Waals surface area contributed by atoms with E-state index in [9.17, 15) is 14.7 Å². The van der Waals surface area contributed by atoms with E-state index in [4.69, 9.17) is 14.2 Å². The van der Waals surface area contributed by atoms with Crippen molar-refractivity contribution in [2.75, 3.05) is 32.6 Å². The third-order valence-electron chi connectivity index (χ3n) is 6.46. The molecular weight excluding hydrogens is 472 g/mol. The Balaban J connectivity index is 2.12. The number of hydrogen-bond donors (Lipinski definition) is 2. The highest BCUT2D eigenvalue weighted by Gasteiger charge is 2.33. The van der Waals surface area contributed by atoms with Crippen molar-refractivity contribution in [1.29, 1.82) is 0 Å². The maximum atomic E-state index is 13.3. The Bertz CT molecular complexity index is 989. The number of urea groups is 1. The van der Waals surface area contributed by atoms with Crippen molar-refractivity contribution < 1.29 is 28.9 Å². The first-order valence-corrected chi connectivity index (χ1v) is 13.0. The number of anilines is 1. The van der Waals surface area contributed by atoms with Gasteiger partial charge in [0.25, 0.3) is 0 Å². The second-order valence-corrected chi connectivity index (χ2v) is 9.32. The van der Waals surface area contributed by atoms with Crippen molar-refractivity contribution in [3.8, 4) is 17.2 Å². The van der Waals surface area contributed by atoms with Gasteiger partial charge in [0.15, 0.2) is 0 Å². The molecule has 0 heterocycles. The minimum atomic E-state index is -1.29. The van der Waals surface area contributed by atoms with Crippen LogP contribution >= 0.6 is 0 Å². The molecule has 0 aliphatic carbocycles. The van der Waals surface area contributed by atoms with Gasteiger partial charge >= 0.3 is 12.0 Å². The summed E-state index contributed by atoms with van der Waals surface area (Å²) in [5.74, 6) is 0.694. The largest absolute Gasteiger partial charge is 0.497 e. The topological polar surface area (TPSA) is 97.3 Å². The second kappa shape index (κ2) is 15.0. The zero-order valence-electron chi connectivity index (χ0n) is 22.8. The zero-order chi connectivity index (χ0) is 27.3. The highest BCUT2D eigenvalue weighted by molar-refractivity contribution is 5.89. The van der Waals surface area contributed by atoms with Crippen LogP contribution in [-0.4, -0.2) is 54.9 Å². The lowest BCUT2D eigenvalue weighted by Gasteiger charge is -2.25. The fourth-order valence-electron chi connectivity index (χ4n) is 3.86. The van der Waals surface area contributed by atoms with Crippen molar-refractivity contribution in [3.05, 3.63) is 48.0 Å². The predicted octanol–water partition coefficient (Wildman–Crippen LogP) is 6.38. The van der Waals surface area contributed by atoms with Gasteiger partial charge in [0.05, 0.1) is 14.2 Å². The first-order chi connectivity index (χ1) is 17.7. The third kappa shape index (κ3) is 9.52. The maximum Gasteiger partial charge on any atom is 0.347 e. The molecule has 1 unspecified atom stereocenters. The number of methoxy groups -OCH3 is 2. The number of ether oxygens (including phenoxy) is 3. The van der Waals surface area contributed by atoms with Gasteiger partial charge in [-0.2, -0.15) is 0 Å². The molecule has 2 amide bonds. The summed E-state index contributed by atoms with van der Waals surface area (Å²) < 4.78 is 16.5. The van der Waals surface area contributed by atoms with Gasteiger partial charge < -0.3 is 29.5 Å². The smallest absolute Gasteiger partial charge is 0.347 e. The van der Waals surface area contributed by atoms with E-state index in [1.165, 1.54) is 12.8 Å². The van der Waals surface area contributed by atoms with Crippen LogP contribution in [0.2, 0.25) is 0 Å². The number of benzene rings is 2. The van der Waals surface area contributed by atoms with Crippen LogP contribution < -0.4 is 19.5 Å². The quantitative estimate of drug-likeness (QED) is 0.252. The van der Waals surface area contributed by atoms with Crippen molar-refractivity contribution in [2.24, 2.45) is 0 Å². The fourth-order valence-corrected chi connectivity index (χ4v) is 3.86. The molecule has 8 nitrogen and oxygen atoms in total. The molecule has 2 aromatic carbocycles. The van der Waals surface area contributed by atoms with E-state index in [0.29, 0.717) is 48.9 Å². The SMILES string of the molecule is CCCCCCCN(CCc1cccc(OC(C)(CC)C(=O)O)c1)C(=O)Nc1cc(OC)cc(OC)c1. The van der Waals surface area contributed by atoms with Crippen LogP contribution in [-0.2, 0) is 11.2 Å². The first kappa shape index (κ1) is 29.8. The van der Waals surface area contributed by atoms with E-state index in [-0.39, 0.29) is 6.03 Å². The molecule has 2 N–H and O–H groups in total. The Kier molecular flexibility index (Phi) is 12.1. The lowest BCUT2D eigenvalue weighted by Crippen LogP contribution is -2.40. The standard InChI is InChI=1S/C29H42N2O6/c1-6-8-9-10-11-16-31(28(34)30-23-19-25(35-4)21-26(20-23)36-5)17-15-22-13-12-14-24(18-22)37-29(3,7-2)27(32)33/h12-14,18-21H,6-11,15-17H2,1-5H3,(H,30,34)(H,32,33). The van der Waals surface area contributed by atoms with Crippen LogP contribution in [0.3, 0.4) is 0 Å². The number of hydrogen-bond acceptors (Lipinski definition) is 5. The Labute approximate surface area is 220 Å². The van der Waals surface area contributed by atoms with E-state index in [2.05, 4.69) is 12.2 Å². The Morgan fingerprint density at radius 1 is 0.919 bits per heavy atom. The van der Waals surface area contributed by atoms with Crippen molar-refractivity contribution in [2.45, 2.75) is 71.3 Å². The van der Waals surface area contributed by atoms with E-state index >= 15 is 0 Å². The molecule has 37 heavy (non-hydrogen) atoms. The summed E-state index contributed by atoms with van der Waals surface area (Å²) >= 11 is 0. The van der Waals surface area contributed by atoms with Crippen LogP contribution in [0.25, 0.3) is 0 Å². The molecule has 0 spiro atoms. The van der Waals surface area contributed by atoms with Gasteiger partial charge in [0, 0.05) is 37.0 Å². The molecule has 0 bridgehead atoms. The van der Waals surface area contributed by atoms with E-state index in [0.717, 1.165) is 24.8 Å². The number of rotatable bonds is 16. The Hall–Kier alpha value is -3.42. The lowest BCUT2D eigenvalue weighted by atomic mass is 10.0. The molecule has 204 valence electrons. The summed E-state index contributed by atoms with van der Waals surface area (Å²) in [7, 11) is 3.14. The number of nitrogens with zero attached hydrogens (tertiary/aromatic N) is 1. The summed E-state index contributed by atoms with van der Waals surface area (Å²) in [5.41, 5.74) is 0.272. The highest BCUT2D eigenvalue weighted by Crippen LogP contribution is 2.26. The Morgan fingerprint density at radius 3 is 2.19 bits per heavy atom. The number of carbonyl (C=O) groups is 2. The van der Waals surface area contributed by atoms with Crippen LogP contribution in [0.1, 0.15) is 64.9 Å². The van der Waals surface area contributed by atoms with Gasteiger partial charge in [-0.05, 0) is 43.9 Å². The lowest BCUT2D eigenvalue weighted by molar-refractivity contribution is -0.154. The zero-order valence-corrected chi connectivity index (χ0v) is 22.8. The number of carboxylic acid groups (broad SMARTS) is 1. The molecule has 2 rings (SSSR count). The summed E-state index contributed by atoms with van der Waals surface area (Å²) in [6, 6.07) is 12.5. The number of carboxylic acids is 1. The normalized spacial score (nSPS) is 12.4. The molecule has 0 saturated heterocycles. The molecule has 0 saturated carbocycles. The average Bonchev–Trinajstić information content (AvgIpc) is 2.89. The summed E-state index contributed by atoms with van der Waals surface area (Å²) in [4.78, 5) is 26.7. The number of amides is 2. The van der Waals surface area contributed by atoms with E-state index in [1.807, 2.05) is 23.1 Å². The summed E-state index contributed by atoms with van der Waals surface area (Å²) in [6.45, 7) is 6.68. The fraction of sp³-hybridized carbons (Fsp3) is 0.517. The number of unbranched alkanes of at least 4 members (excludes halogenated alkanes) is 4. The predicted molar refractivity (Wildman–Crippen MR) is 146 cm³/mol. The van der Waals surface area contributed by atoms with E-state index in [1.54, 1.807) is 52.3 Å². The van der Waals surface area contributed by atoms with Gasteiger partial charge in [0.1, 0.15) is 17.2 Å². The second-order valence-electron chi connectivity index (χ2n) is 9.32. The minimum Gasteiger partial charge on any atom is -0.497 e. The van der Waals surface area contributed by atoms with Crippen LogP contribution in [0, 0.1) is 0 Å². The maximum absolute atomic E-state index is 13.3. The van der Waals surface area contributed by atoms with Crippen LogP contribution in [0.5, 0.6) is 17.2 Å². The molecule has 0 aliphatic heterocycles. The molecule has 0 radical (unpaired) electrons. The van der Waals surface area contributed by atoms with Gasteiger partial charge in [0.2, 0.25) is 5.60 Å². The van der Waals surface area contributed by atoms with Crippen LogP contribution in [0.4, 0.5) is 10.5 Å². The molecule has 8 heteroatoms. The Morgan fingerprint density at radius 2 is 1.59 bits per heavy atom. The van der Waals surface area contributed by atoms with Gasteiger partial charge in [-0.15, -0.1) is 0 Å². The van der Waals surface area contributed by atoms with Crippen molar-refractivity contribution >= 4 is 17.7 Å². The highest BCUT2D eigenvalue weighted by atomic mass is 16.5. The molecule has 0 fully saturated rings. The van der Waals surface area contributed by atoms with Crippen LogP contribution in [0.15, 0.2) is 42.5 Å². The minimum absolute atomic E-state index is 0.192. The van der Waals surface area contributed by atoms with Gasteiger partial charge in [-0.25, -0.2) is 9.59 Å². The number of nitrogens with one attached hydrogen (secondary N) is 1. The monoisotopic (exact) mass is 514 g/mol. The van der Waals surface area contributed by atoms with Crippen molar-refractivity contribution in [1.82, 2.24) is 4.90 Å². The molecule has 0 aliphatic rings. The molecular formula is C29H42N2O6. The number of carbonyl (C=O) groups excluding carboxylic acids is 1. The van der Waals surface area contributed by atoms with Gasteiger partial charge in [-0.1, -0.05) is 51.7 Å². The molecule has 2 aromatic rings. The average molecular weight is 515 g/mol. The van der Waals surface area contributed by atoms with Crippen molar-refractivity contribution in [3.63, 3.8) is 0 Å².